The number of aliphatic hydroxyl groups is 2. The summed E-state index contributed by atoms with van der Waals surface area (Å²) in [7, 11) is 0. The van der Waals surface area contributed by atoms with Gasteiger partial charge in [0.25, 0.3) is 0 Å². The zero-order valence-electron chi connectivity index (χ0n) is 53.8. The van der Waals surface area contributed by atoms with Crippen LogP contribution >= 0.6 is 0 Å². The Morgan fingerprint density at radius 2 is 0.739 bits per heavy atom. The number of esters is 3. The molecule has 13 heteroatoms. The number of carbonyl (C=O) groups is 3. The molecule has 7 aromatic rings. The molecule has 1 fully saturated rings. The lowest BCUT2D eigenvalue weighted by Gasteiger charge is -2.41. The maximum absolute atomic E-state index is 14.1. The molecule has 1 saturated heterocycles. The Balaban J connectivity index is 0.883. The molecular weight excluding hydrogens is 1150 g/mol. The average Bonchev–Trinajstić information content (AvgIpc) is 1.72. The molecule has 4 aromatic carbocycles. The molecule has 13 nitrogen and oxygen atoms in total. The first-order chi connectivity index (χ1) is 45.2. The van der Waals surface area contributed by atoms with E-state index < -0.39 is 55.2 Å². The van der Waals surface area contributed by atoms with Crippen molar-refractivity contribution >= 4 is 64.3 Å². The standard InChI is InChI=1S/C79H92N4O9/c1-3-5-7-9-11-13-15-17-19-21-32-40-69(84)91-76-75(86)68(90-79(88)77(76)92-70(85)41-33-22-20-18-16-14-12-10-8-6-4-2)54-89-78(87)59-44-42-58(43-45-59)74-66-52-50-64(82-66)72(56-36-28-24-29-37-56)62-48-46-60(80-62)71(55-34-26-23-27-35-55)61-47-49-63(81-61)73(57-38-30-25-31-39-57)65-51-53-67(74)83-65/h23-31,34-39,42-53,68,75-77,79-80,83,86,88H,3-22,32-33,40-41,54H2,1-2H3/t68-,75-,76+,77-,79-/m1/s1. The number of H-pyrrole nitrogens is 2. The molecule has 0 unspecified atom stereocenters. The summed E-state index contributed by atoms with van der Waals surface area (Å²) < 4.78 is 23.3. The van der Waals surface area contributed by atoms with Crippen LogP contribution in [-0.4, -0.2) is 85.4 Å². The van der Waals surface area contributed by atoms with Gasteiger partial charge >= 0.3 is 17.9 Å². The molecule has 3 aliphatic heterocycles. The fourth-order valence-corrected chi connectivity index (χ4v) is 12.8. The van der Waals surface area contributed by atoms with Crippen molar-refractivity contribution < 1.29 is 43.5 Å². The number of ether oxygens (including phenoxy) is 4. The first-order valence-electron chi connectivity index (χ1n) is 34.2. The summed E-state index contributed by atoms with van der Waals surface area (Å²) in [6.07, 6.45) is 25.3. The first kappa shape index (κ1) is 66.7. The summed E-state index contributed by atoms with van der Waals surface area (Å²) in [5.41, 5.74) is 14.0. The van der Waals surface area contributed by atoms with Crippen molar-refractivity contribution in [2.24, 2.45) is 0 Å². The maximum Gasteiger partial charge on any atom is 0.338 e. The Kier molecular flexibility index (Phi) is 25.0. The number of nitrogens with one attached hydrogen (secondary N) is 2. The number of benzene rings is 4. The van der Waals surface area contributed by atoms with Crippen LogP contribution in [0.1, 0.15) is 201 Å². The van der Waals surface area contributed by atoms with Crippen LogP contribution < -0.4 is 0 Å². The molecule has 8 bridgehead atoms. The van der Waals surface area contributed by atoms with Crippen LogP contribution in [0.5, 0.6) is 0 Å². The van der Waals surface area contributed by atoms with Gasteiger partial charge in [0.05, 0.1) is 28.3 Å². The molecule has 0 radical (unpaired) electrons. The minimum atomic E-state index is -1.78. The summed E-state index contributed by atoms with van der Waals surface area (Å²) in [5, 5.41) is 23.3. The molecule has 92 heavy (non-hydrogen) atoms. The van der Waals surface area contributed by atoms with Crippen LogP contribution in [0.15, 0.2) is 140 Å². The van der Waals surface area contributed by atoms with Gasteiger partial charge < -0.3 is 39.1 Å². The molecule has 3 aliphatic rings. The van der Waals surface area contributed by atoms with E-state index in [-0.39, 0.29) is 18.4 Å². The van der Waals surface area contributed by atoms with E-state index in [1.54, 1.807) is 12.1 Å². The fraction of sp³-hybridized carbons (Fsp3) is 0.405. The summed E-state index contributed by atoms with van der Waals surface area (Å²) in [6, 6.07) is 46.1. The number of hydrogen-bond donors (Lipinski definition) is 4. The van der Waals surface area contributed by atoms with E-state index in [9.17, 15) is 24.6 Å². The van der Waals surface area contributed by atoms with Crippen molar-refractivity contribution in [3.8, 4) is 44.5 Å². The normalized spacial score (nSPS) is 16.8. The largest absolute Gasteiger partial charge is 0.459 e. The summed E-state index contributed by atoms with van der Waals surface area (Å²) >= 11 is 0. The lowest BCUT2D eigenvalue weighted by atomic mass is 9.98. The van der Waals surface area contributed by atoms with E-state index in [1.165, 1.54) is 89.9 Å². The van der Waals surface area contributed by atoms with Gasteiger partial charge in [-0.15, -0.1) is 0 Å². The highest BCUT2D eigenvalue weighted by Gasteiger charge is 2.49. The average molecular weight is 1240 g/mol. The molecule has 482 valence electrons. The minimum Gasteiger partial charge on any atom is -0.459 e. The maximum atomic E-state index is 14.1. The topological polar surface area (TPSA) is 186 Å². The van der Waals surface area contributed by atoms with Crippen molar-refractivity contribution in [1.82, 2.24) is 19.9 Å². The summed E-state index contributed by atoms with van der Waals surface area (Å²) in [4.78, 5) is 59.3. The summed E-state index contributed by atoms with van der Waals surface area (Å²) in [5.74, 6) is -1.88. The number of rotatable bonds is 33. The van der Waals surface area contributed by atoms with Gasteiger partial charge in [-0.2, -0.15) is 0 Å². The number of fused-ring (bicyclic) bond motifs is 8. The molecule has 3 aromatic heterocycles. The van der Waals surface area contributed by atoms with Gasteiger partial charge in [-0.25, -0.2) is 14.8 Å². The Morgan fingerprint density at radius 1 is 0.413 bits per heavy atom. The van der Waals surface area contributed by atoms with Crippen molar-refractivity contribution in [3.05, 3.63) is 168 Å². The Hall–Kier alpha value is -8.23. The third kappa shape index (κ3) is 17.9. The Morgan fingerprint density at radius 3 is 1.10 bits per heavy atom. The van der Waals surface area contributed by atoms with Crippen LogP contribution in [0.3, 0.4) is 0 Å². The van der Waals surface area contributed by atoms with Gasteiger partial charge in [-0.1, -0.05) is 245 Å². The minimum absolute atomic E-state index is 0.0935. The highest BCUT2D eigenvalue weighted by molar-refractivity contribution is 6.00. The molecular formula is C79H92N4O9. The number of unbranched alkanes of at least 4 members (excludes halogenated alkanes) is 20. The van der Waals surface area contributed by atoms with Gasteiger partial charge in [0.15, 0.2) is 18.5 Å². The summed E-state index contributed by atoms with van der Waals surface area (Å²) in [6.45, 7) is 3.96. The van der Waals surface area contributed by atoms with E-state index in [2.05, 4.69) is 90.6 Å². The highest BCUT2D eigenvalue weighted by Crippen LogP contribution is 2.39. The number of aromatic amines is 2. The van der Waals surface area contributed by atoms with Crippen molar-refractivity contribution in [2.75, 3.05) is 6.61 Å². The Bertz CT molecular complexity index is 3710. The van der Waals surface area contributed by atoms with Gasteiger partial charge in [-0.3, -0.25) is 9.59 Å². The monoisotopic (exact) mass is 1240 g/mol. The quantitative estimate of drug-likeness (QED) is 0.0174. The van der Waals surface area contributed by atoms with Crippen LogP contribution in [0.25, 0.3) is 90.9 Å². The zero-order chi connectivity index (χ0) is 63.9. The van der Waals surface area contributed by atoms with Crippen LogP contribution in [-0.2, 0) is 28.5 Å². The molecule has 10 rings (SSSR count). The van der Waals surface area contributed by atoms with E-state index in [1.807, 2.05) is 84.9 Å². The third-order valence-corrected chi connectivity index (χ3v) is 17.9. The predicted octanol–water partition coefficient (Wildman–Crippen LogP) is 18.8. The van der Waals surface area contributed by atoms with Crippen LogP contribution in [0.4, 0.5) is 0 Å². The van der Waals surface area contributed by atoms with Gasteiger partial charge in [-0.05, 0) is 95.8 Å². The fourth-order valence-electron chi connectivity index (χ4n) is 12.8. The van der Waals surface area contributed by atoms with Crippen molar-refractivity contribution in [2.45, 2.75) is 199 Å². The number of nitrogens with zero attached hydrogens (tertiary/aromatic N) is 2. The number of aliphatic hydroxyl groups excluding tert-OH is 2. The molecule has 0 amide bonds. The molecule has 0 saturated carbocycles. The molecule has 5 atom stereocenters. The molecule has 6 heterocycles. The number of carbonyl (C=O) groups excluding carboxylic acids is 3. The first-order valence-corrected chi connectivity index (χ1v) is 34.2. The van der Waals surface area contributed by atoms with Crippen LogP contribution in [0.2, 0.25) is 0 Å². The Labute approximate surface area is 542 Å². The predicted molar refractivity (Wildman–Crippen MR) is 370 cm³/mol. The number of aromatic nitrogens is 4. The lowest BCUT2D eigenvalue weighted by molar-refractivity contribution is -0.293. The SMILES string of the molecule is CCCCCCCCCCCCCC(=O)O[C@@H]1[C@@H](OC(=O)CCCCCCCCCCCCC)[C@H](O)[C@@H](COC(=O)c2ccc(-c3c4nc(c(-c5ccccc5)c5ccc([nH]5)c(-c5ccccc5)c5nc(c(-c6ccccc6)c6ccc3[nH]6)C=C5)C=C4)cc2)O[C@H]1O. The molecule has 0 spiro atoms. The second kappa shape index (κ2) is 34.4. The van der Waals surface area contributed by atoms with Gasteiger partial charge in [0, 0.05) is 57.2 Å². The van der Waals surface area contributed by atoms with Crippen molar-refractivity contribution in [1.29, 1.82) is 0 Å². The third-order valence-electron chi connectivity index (χ3n) is 17.9. The second-order valence-corrected chi connectivity index (χ2v) is 24.8. The second-order valence-electron chi connectivity index (χ2n) is 24.8. The van der Waals surface area contributed by atoms with Crippen LogP contribution in [0, 0.1) is 0 Å². The van der Waals surface area contributed by atoms with Gasteiger partial charge in [0.2, 0.25) is 0 Å². The lowest BCUT2D eigenvalue weighted by Crippen LogP contribution is -2.61. The van der Waals surface area contributed by atoms with E-state index in [0.29, 0.717) is 18.5 Å². The number of hydrogen-bond acceptors (Lipinski definition) is 11. The van der Waals surface area contributed by atoms with E-state index in [0.717, 1.165) is 122 Å². The van der Waals surface area contributed by atoms with Crippen molar-refractivity contribution in [3.63, 3.8) is 0 Å². The molecule has 4 N–H and O–H groups in total. The highest BCUT2D eigenvalue weighted by atomic mass is 16.7. The smallest absolute Gasteiger partial charge is 0.338 e. The van der Waals surface area contributed by atoms with E-state index >= 15 is 0 Å². The zero-order valence-corrected chi connectivity index (χ0v) is 53.8. The van der Waals surface area contributed by atoms with Gasteiger partial charge in [0.1, 0.15) is 18.8 Å². The van der Waals surface area contributed by atoms with E-state index in [4.69, 9.17) is 28.9 Å². The molecule has 0 aliphatic carbocycles.